The Labute approximate surface area is 202 Å². The number of carbonyl (C=O) groups excluding carboxylic acids is 1. The summed E-state index contributed by atoms with van der Waals surface area (Å²) in [6.45, 7) is 5.31. The van der Waals surface area contributed by atoms with E-state index < -0.39 is 0 Å². The molecule has 2 aromatic heterocycles. The number of amides is 1. The van der Waals surface area contributed by atoms with E-state index in [0.29, 0.717) is 35.9 Å². The molecule has 0 atom stereocenters. The first-order chi connectivity index (χ1) is 16.5. The van der Waals surface area contributed by atoms with E-state index in [1.54, 1.807) is 19.2 Å². The Hall–Kier alpha value is -3.73. The number of aromatic nitrogens is 3. The van der Waals surface area contributed by atoms with E-state index in [1.807, 2.05) is 53.6 Å². The topological polar surface area (TPSA) is 77.5 Å². The van der Waals surface area contributed by atoms with Crippen LogP contribution in [-0.2, 0) is 11.3 Å². The third-order valence-corrected chi connectivity index (χ3v) is 6.49. The molecule has 1 aliphatic heterocycles. The van der Waals surface area contributed by atoms with Crippen molar-refractivity contribution in [2.75, 3.05) is 26.2 Å². The Balaban J connectivity index is 1.59. The summed E-state index contributed by atoms with van der Waals surface area (Å²) in [7, 11) is 0. The van der Waals surface area contributed by atoms with E-state index in [0.717, 1.165) is 41.3 Å². The zero-order valence-corrected chi connectivity index (χ0v) is 19.5. The molecule has 0 radical (unpaired) electrons. The average molecular weight is 471 g/mol. The molecule has 1 aliphatic rings. The lowest BCUT2D eigenvalue weighted by molar-refractivity contribution is -0.130. The maximum absolute atomic E-state index is 11.7. The summed E-state index contributed by atoms with van der Waals surface area (Å²) in [6.07, 6.45) is 3.71. The standard InChI is InChI=1S/C26H23ClN6O/c1-18(34)32-12-10-31(11-13-32)17-24-26(19-6-8-21(27)9-7-19)30-25-15-29-23(16-33(24)25)22-5-3-2-4-20(22)14-28/h2-9,15-16H,10-13,17H2,1H3. The summed E-state index contributed by atoms with van der Waals surface area (Å²) in [5.74, 6) is 0.114. The number of rotatable bonds is 4. The highest BCUT2D eigenvalue weighted by Gasteiger charge is 2.23. The number of imidazole rings is 1. The SMILES string of the molecule is CC(=O)N1CCN(Cc2c(-c3ccc(Cl)cc3)nc3cnc(-c4ccccc4C#N)cn23)CC1. The molecule has 0 unspecified atom stereocenters. The minimum Gasteiger partial charge on any atom is -0.340 e. The third kappa shape index (κ3) is 4.26. The molecule has 4 aromatic rings. The van der Waals surface area contributed by atoms with E-state index in [2.05, 4.69) is 20.4 Å². The van der Waals surface area contributed by atoms with E-state index in [1.165, 1.54) is 0 Å². The second kappa shape index (κ2) is 9.26. The molecule has 8 heteroatoms. The quantitative estimate of drug-likeness (QED) is 0.445. The van der Waals surface area contributed by atoms with E-state index in [4.69, 9.17) is 16.6 Å². The summed E-state index contributed by atoms with van der Waals surface area (Å²) >= 11 is 6.13. The maximum atomic E-state index is 11.7. The molecule has 0 bridgehead atoms. The highest BCUT2D eigenvalue weighted by Crippen LogP contribution is 2.29. The number of nitriles is 1. The van der Waals surface area contributed by atoms with Crippen molar-refractivity contribution in [3.63, 3.8) is 0 Å². The molecule has 34 heavy (non-hydrogen) atoms. The molecule has 0 N–H and O–H groups in total. The van der Waals surface area contributed by atoms with Crippen LogP contribution in [0, 0.1) is 11.3 Å². The van der Waals surface area contributed by atoms with Crippen molar-refractivity contribution in [1.82, 2.24) is 24.2 Å². The van der Waals surface area contributed by atoms with Crippen LogP contribution in [0.5, 0.6) is 0 Å². The number of halogens is 1. The van der Waals surface area contributed by atoms with Crippen molar-refractivity contribution in [1.29, 1.82) is 5.26 Å². The van der Waals surface area contributed by atoms with Gasteiger partial charge in [-0.1, -0.05) is 41.9 Å². The van der Waals surface area contributed by atoms with Crippen LogP contribution >= 0.6 is 11.6 Å². The molecule has 170 valence electrons. The van der Waals surface area contributed by atoms with Gasteiger partial charge in [-0.25, -0.2) is 4.98 Å². The number of hydrogen-bond donors (Lipinski definition) is 0. The zero-order chi connectivity index (χ0) is 23.7. The largest absolute Gasteiger partial charge is 0.340 e. The number of benzene rings is 2. The molecule has 0 aliphatic carbocycles. The third-order valence-electron chi connectivity index (χ3n) is 6.24. The second-order valence-corrected chi connectivity index (χ2v) is 8.79. The Morgan fingerprint density at radius 2 is 1.82 bits per heavy atom. The van der Waals surface area contributed by atoms with E-state index >= 15 is 0 Å². The molecule has 1 amide bonds. The Morgan fingerprint density at radius 1 is 1.09 bits per heavy atom. The summed E-state index contributed by atoms with van der Waals surface area (Å²) < 4.78 is 2.07. The Kier molecular flexibility index (Phi) is 6.01. The van der Waals surface area contributed by atoms with Gasteiger partial charge in [0.2, 0.25) is 5.91 Å². The minimum absolute atomic E-state index is 0.114. The van der Waals surface area contributed by atoms with Gasteiger partial charge in [-0.3, -0.25) is 19.1 Å². The van der Waals surface area contributed by atoms with E-state index in [-0.39, 0.29) is 5.91 Å². The van der Waals surface area contributed by atoms with Crippen LogP contribution in [0.25, 0.3) is 28.2 Å². The number of piperazine rings is 1. The Bertz CT molecular complexity index is 1400. The second-order valence-electron chi connectivity index (χ2n) is 8.35. The fourth-order valence-corrected chi connectivity index (χ4v) is 4.50. The molecule has 3 heterocycles. The predicted octanol–water partition coefficient (Wildman–Crippen LogP) is 4.25. The van der Waals surface area contributed by atoms with Crippen LogP contribution in [-0.4, -0.2) is 56.3 Å². The van der Waals surface area contributed by atoms with Crippen molar-refractivity contribution in [3.8, 4) is 28.6 Å². The predicted molar refractivity (Wildman–Crippen MR) is 131 cm³/mol. The average Bonchev–Trinajstić information content (AvgIpc) is 3.22. The van der Waals surface area contributed by atoms with Crippen LogP contribution in [0.1, 0.15) is 18.2 Å². The number of nitrogens with zero attached hydrogens (tertiary/aromatic N) is 6. The van der Waals surface area contributed by atoms with Crippen molar-refractivity contribution in [2.24, 2.45) is 0 Å². The van der Waals surface area contributed by atoms with Crippen LogP contribution in [0.2, 0.25) is 5.02 Å². The van der Waals surface area contributed by atoms with Crippen LogP contribution in [0.3, 0.4) is 0 Å². The summed E-state index contributed by atoms with van der Waals surface area (Å²) in [6, 6.07) is 17.4. The smallest absolute Gasteiger partial charge is 0.219 e. The van der Waals surface area contributed by atoms with Gasteiger partial charge in [0.05, 0.1) is 34.9 Å². The molecule has 1 fully saturated rings. The van der Waals surface area contributed by atoms with Crippen LogP contribution in [0.4, 0.5) is 0 Å². The van der Waals surface area contributed by atoms with Crippen LogP contribution < -0.4 is 0 Å². The summed E-state index contributed by atoms with van der Waals surface area (Å²) in [4.78, 5) is 25.5. The number of fused-ring (bicyclic) bond motifs is 1. The number of carbonyl (C=O) groups is 1. The van der Waals surface area contributed by atoms with Crippen molar-refractivity contribution in [2.45, 2.75) is 13.5 Å². The molecule has 2 aromatic carbocycles. The lowest BCUT2D eigenvalue weighted by Crippen LogP contribution is -2.47. The van der Waals surface area contributed by atoms with Gasteiger partial charge in [-0.2, -0.15) is 5.26 Å². The maximum Gasteiger partial charge on any atom is 0.219 e. The lowest BCUT2D eigenvalue weighted by Gasteiger charge is -2.34. The fraction of sp³-hybridized carbons (Fsp3) is 0.231. The normalized spacial score (nSPS) is 14.3. The van der Waals surface area contributed by atoms with Gasteiger partial charge in [-0.15, -0.1) is 0 Å². The van der Waals surface area contributed by atoms with Crippen molar-refractivity contribution < 1.29 is 4.79 Å². The van der Waals surface area contributed by atoms with Gasteiger partial charge < -0.3 is 4.90 Å². The molecule has 5 rings (SSSR count). The molecular formula is C26H23ClN6O. The first-order valence-electron chi connectivity index (χ1n) is 11.1. The summed E-state index contributed by atoms with van der Waals surface area (Å²) in [5.41, 5.74) is 5.70. The van der Waals surface area contributed by atoms with Crippen molar-refractivity contribution in [3.05, 3.63) is 77.2 Å². The monoisotopic (exact) mass is 470 g/mol. The first kappa shape index (κ1) is 22.1. The molecular weight excluding hydrogens is 448 g/mol. The molecule has 7 nitrogen and oxygen atoms in total. The van der Waals surface area contributed by atoms with Gasteiger partial charge in [0, 0.05) is 62.0 Å². The fourth-order valence-electron chi connectivity index (χ4n) is 4.37. The lowest BCUT2D eigenvalue weighted by atomic mass is 10.1. The molecule has 1 saturated heterocycles. The minimum atomic E-state index is 0.114. The molecule has 0 saturated carbocycles. The van der Waals surface area contributed by atoms with Gasteiger partial charge in [0.1, 0.15) is 0 Å². The van der Waals surface area contributed by atoms with Gasteiger partial charge in [-0.05, 0) is 18.2 Å². The highest BCUT2D eigenvalue weighted by molar-refractivity contribution is 6.30. The Morgan fingerprint density at radius 3 is 2.53 bits per heavy atom. The first-order valence-corrected chi connectivity index (χ1v) is 11.5. The van der Waals surface area contributed by atoms with Gasteiger partial charge >= 0.3 is 0 Å². The van der Waals surface area contributed by atoms with Gasteiger partial charge in [0.15, 0.2) is 5.65 Å². The van der Waals surface area contributed by atoms with Crippen LogP contribution in [0.15, 0.2) is 60.9 Å². The zero-order valence-electron chi connectivity index (χ0n) is 18.8. The molecule has 0 spiro atoms. The van der Waals surface area contributed by atoms with Gasteiger partial charge in [0.25, 0.3) is 0 Å². The summed E-state index contributed by atoms with van der Waals surface area (Å²) in [5, 5.41) is 10.2. The number of hydrogen-bond acceptors (Lipinski definition) is 5. The van der Waals surface area contributed by atoms with Crippen molar-refractivity contribution >= 4 is 23.2 Å². The van der Waals surface area contributed by atoms with E-state index in [9.17, 15) is 10.1 Å². The highest BCUT2D eigenvalue weighted by atomic mass is 35.5.